The number of fused-ring (bicyclic) bond motifs is 3. The molecular formula is C15H15N2+. The second kappa shape index (κ2) is 3.52. The van der Waals surface area contributed by atoms with Crippen LogP contribution < -0.4 is 4.57 Å². The predicted octanol–water partition coefficient (Wildman–Crippen LogP) is 2.83. The van der Waals surface area contributed by atoms with E-state index in [2.05, 4.69) is 59.9 Å². The van der Waals surface area contributed by atoms with Gasteiger partial charge in [-0.15, -0.1) is 0 Å². The minimum absolute atomic E-state index is 1.06. The van der Waals surface area contributed by atoms with Crippen molar-refractivity contribution in [3.8, 4) is 0 Å². The summed E-state index contributed by atoms with van der Waals surface area (Å²) in [6.45, 7) is 4.15. The van der Waals surface area contributed by atoms with Crippen LogP contribution in [0, 0.1) is 13.8 Å². The van der Waals surface area contributed by atoms with Crippen LogP contribution in [-0.2, 0) is 7.05 Å². The van der Waals surface area contributed by atoms with E-state index in [0.717, 1.165) is 11.2 Å². The highest BCUT2D eigenvalue weighted by atomic mass is 14.9. The zero-order chi connectivity index (χ0) is 12.0. The van der Waals surface area contributed by atoms with Crippen molar-refractivity contribution in [1.29, 1.82) is 0 Å². The lowest BCUT2D eigenvalue weighted by Gasteiger charge is -2.04. The molecule has 0 saturated heterocycles. The Hall–Kier alpha value is -1.96. The lowest BCUT2D eigenvalue weighted by molar-refractivity contribution is -0.650. The highest BCUT2D eigenvalue weighted by molar-refractivity contribution is 6.00. The summed E-state index contributed by atoms with van der Waals surface area (Å²) < 4.78 is 2.21. The molecule has 0 atom stereocenters. The Balaban J connectivity index is 2.61. The summed E-state index contributed by atoms with van der Waals surface area (Å²) in [5.74, 6) is 0. The molecule has 0 amide bonds. The van der Waals surface area contributed by atoms with Crippen LogP contribution in [0.5, 0.6) is 0 Å². The van der Waals surface area contributed by atoms with E-state index < -0.39 is 0 Å². The first-order valence-electron chi connectivity index (χ1n) is 5.82. The number of benzene rings is 1. The molecule has 3 aromatic rings. The minimum Gasteiger partial charge on any atom is -0.246 e. The molecule has 17 heavy (non-hydrogen) atoms. The summed E-state index contributed by atoms with van der Waals surface area (Å²) in [5, 5.41) is 2.44. The van der Waals surface area contributed by atoms with Crippen LogP contribution in [0.15, 0.2) is 36.4 Å². The molecule has 3 rings (SSSR count). The van der Waals surface area contributed by atoms with Gasteiger partial charge in [-0.1, -0.05) is 12.1 Å². The van der Waals surface area contributed by atoms with E-state index in [0.29, 0.717) is 0 Å². The Labute approximate surface area is 101 Å². The van der Waals surface area contributed by atoms with Gasteiger partial charge in [-0.2, -0.15) is 4.57 Å². The van der Waals surface area contributed by atoms with Gasteiger partial charge in [-0.05, 0) is 25.1 Å². The van der Waals surface area contributed by atoms with Crippen LogP contribution in [0.1, 0.15) is 11.4 Å². The molecule has 2 aromatic heterocycles. The summed E-state index contributed by atoms with van der Waals surface area (Å²) in [4.78, 5) is 4.68. The van der Waals surface area contributed by atoms with E-state index >= 15 is 0 Å². The summed E-state index contributed by atoms with van der Waals surface area (Å²) >= 11 is 0. The van der Waals surface area contributed by atoms with Crippen molar-refractivity contribution in [2.45, 2.75) is 13.8 Å². The fourth-order valence-corrected chi connectivity index (χ4v) is 2.27. The maximum Gasteiger partial charge on any atom is 0.239 e. The van der Waals surface area contributed by atoms with Crippen LogP contribution in [-0.4, -0.2) is 4.98 Å². The molecule has 0 unspecified atom stereocenters. The second-order valence-electron chi connectivity index (χ2n) is 4.56. The Morgan fingerprint density at radius 2 is 1.53 bits per heavy atom. The Bertz CT molecular complexity index is 730. The van der Waals surface area contributed by atoms with Crippen LogP contribution in [0.4, 0.5) is 0 Å². The maximum absolute atomic E-state index is 4.68. The number of pyridine rings is 2. The molecule has 0 radical (unpaired) electrons. The van der Waals surface area contributed by atoms with Gasteiger partial charge >= 0.3 is 0 Å². The van der Waals surface area contributed by atoms with E-state index in [9.17, 15) is 0 Å². The molecule has 0 fully saturated rings. The van der Waals surface area contributed by atoms with Crippen molar-refractivity contribution in [2.24, 2.45) is 7.05 Å². The van der Waals surface area contributed by atoms with Crippen LogP contribution in [0.2, 0.25) is 0 Å². The van der Waals surface area contributed by atoms with E-state index in [1.54, 1.807) is 0 Å². The van der Waals surface area contributed by atoms with Gasteiger partial charge < -0.3 is 0 Å². The van der Waals surface area contributed by atoms with Gasteiger partial charge in [0.1, 0.15) is 12.6 Å². The summed E-state index contributed by atoms with van der Waals surface area (Å²) in [6.07, 6.45) is 0. The fraction of sp³-hybridized carbons (Fsp3) is 0.200. The summed E-state index contributed by atoms with van der Waals surface area (Å²) in [6, 6.07) is 12.8. The fourth-order valence-electron chi connectivity index (χ4n) is 2.27. The van der Waals surface area contributed by atoms with Gasteiger partial charge in [-0.25, -0.2) is 4.98 Å². The largest absolute Gasteiger partial charge is 0.246 e. The molecule has 0 aliphatic carbocycles. The lowest BCUT2D eigenvalue weighted by atomic mass is 10.1. The quantitative estimate of drug-likeness (QED) is 0.423. The van der Waals surface area contributed by atoms with Crippen LogP contribution in [0.3, 0.4) is 0 Å². The number of nitrogens with zero attached hydrogens (tertiary/aromatic N) is 2. The van der Waals surface area contributed by atoms with Gasteiger partial charge in [0.15, 0.2) is 5.69 Å². The Morgan fingerprint density at radius 3 is 2.35 bits per heavy atom. The second-order valence-corrected chi connectivity index (χ2v) is 4.56. The Kier molecular flexibility index (Phi) is 2.11. The summed E-state index contributed by atoms with van der Waals surface area (Å²) in [5.41, 5.74) is 4.61. The first-order valence-corrected chi connectivity index (χ1v) is 5.82. The zero-order valence-corrected chi connectivity index (χ0v) is 10.4. The smallest absolute Gasteiger partial charge is 0.239 e. The average Bonchev–Trinajstić information content (AvgIpc) is 2.33. The van der Waals surface area contributed by atoms with Crippen LogP contribution in [0.25, 0.3) is 21.8 Å². The monoisotopic (exact) mass is 223 g/mol. The molecule has 0 bridgehead atoms. The van der Waals surface area contributed by atoms with Crippen molar-refractivity contribution in [3.63, 3.8) is 0 Å². The number of hydrogen-bond acceptors (Lipinski definition) is 1. The molecule has 0 aliphatic rings. The third kappa shape index (κ3) is 1.48. The van der Waals surface area contributed by atoms with Crippen molar-refractivity contribution < 1.29 is 4.57 Å². The highest BCUT2D eigenvalue weighted by Crippen LogP contribution is 2.21. The van der Waals surface area contributed by atoms with Gasteiger partial charge in [0, 0.05) is 29.5 Å². The molecule has 0 saturated carbocycles. The lowest BCUT2D eigenvalue weighted by Crippen LogP contribution is -2.32. The minimum atomic E-state index is 1.06. The SMILES string of the molecule is Cc1ccc2ccc3ccc(C)[n+](C)c3c2n1. The van der Waals surface area contributed by atoms with Gasteiger partial charge in [0.05, 0.1) is 0 Å². The van der Waals surface area contributed by atoms with E-state index in [-0.39, 0.29) is 0 Å². The van der Waals surface area contributed by atoms with Crippen LogP contribution >= 0.6 is 0 Å². The first kappa shape index (κ1) is 10.2. The van der Waals surface area contributed by atoms with E-state index in [1.165, 1.54) is 22.0 Å². The number of aromatic nitrogens is 2. The first-order chi connectivity index (χ1) is 8.16. The molecule has 2 heteroatoms. The third-order valence-corrected chi connectivity index (χ3v) is 3.37. The van der Waals surface area contributed by atoms with Crippen molar-refractivity contribution in [1.82, 2.24) is 4.98 Å². The third-order valence-electron chi connectivity index (χ3n) is 3.37. The van der Waals surface area contributed by atoms with E-state index in [4.69, 9.17) is 0 Å². The molecular weight excluding hydrogens is 208 g/mol. The van der Waals surface area contributed by atoms with Gasteiger partial charge in [0.25, 0.3) is 0 Å². The van der Waals surface area contributed by atoms with Crippen molar-refractivity contribution in [3.05, 3.63) is 47.8 Å². The normalized spacial score (nSPS) is 11.2. The summed E-state index contributed by atoms with van der Waals surface area (Å²) in [7, 11) is 2.10. The molecule has 84 valence electrons. The highest BCUT2D eigenvalue weighted by Gasteiger charge is 2.13. The molecule has 1 aromatic carbocycles. The molecule has 0 N–H and O–H groups in total. The Morgan fingerprint density at radius 1 is 0.882 bits per heavy atom. The molecule has 2 nitrogen and oxygen atoms in total. The number of aryl methyl sites for hydroxylation is 3. The topological polar surface area (TPSA) is 16.8 Å². The van der Waals surface area contributed by atoms with E-state index in [1.807, 2.05) is 6.92 Å². The standard InChI is InChI=1S/C15H15N2/c1-10-4-6-12-8-9-13-7-5-11(2)17(3)15(13)14(12)16-10/h4-9H,1-3H3/q+1. The molecule has 0 spiro atoms. The van der Waals surface area contributed by atoms with Crippen molar-refractivity contribution >= 4 is 21.8 Å². The predicted molar refractivity (Wildman–Crippen MR) is 69.9 cm³/mol. The maximum atomic E-state index is 4.68. The number of hydrogen-bond donors (Lipinski definition) is 0. The van der Waals surface area contributed by atoms with Gasteiger partial charge in [0.2, 0.25) is 5.52 Å². The molecule has 0 aliphatic heterocycles. The zero-order valence-electron chi connectivity index (χ0n) is 10.4. The van der Waals surface area contributed by atoms with Gasteiger partial charge in [-0.3, -0.25) is 0 Å². The average molecular weight is 223 g/mol. The van der Waals surface area contributed by atoms with Crippen molar-refractivity contribution in [2.75, 3.05) is 0 Å². The molecule has 2 heterocycles. The number of rotatable bonds is 0.